The highest BCUT2D eigenvalue weighted by molar-refractivity contribution is 5.83. The molecule has 0 radical (unpaired) electrons. The van der Waals surface area contributed by atoms with Crippen LogP contribution < -0.4 is 10.6 Å². The Morgan fingerprint density at radius 2 is 2.05 bits per heavy atom. The fraction of sp³-hybridized carbons (Fsp3) is 0.750. The molecule has 0 aromatic heterocycles. The first-order valence-corrected chi connectivity index (χ1v) is 6.48. The van der Waals surface area contributed by atoms with Crippen molar-refractivity contribution in [1.29, 1.82) is 0 Å². The van der Waals surface area contributed by atoms with Crippen molar-refractivity contribution in [3.05, 3.63) is 0 Å². The molecule has 108 valence electrons. The highest BCUT2D eigenvalue weighted by atomic mass is 16.4. The van der Waals surface area contributed by atoms with E-state index in [-0.39, 0.29) is 24.9 Å². The molecule has 1 rings (SSSR count). The number of amides is 3. The summed E-state index contributed by atoms with van der Waals surface area (Å²) >= 11 is 0. The van der Waals surface area contributed by atoms with E-state index in [0.29, 0.717) is 19.4 Å². The number of carboxylic acids is 1. The third-order valence-corrected chi connectivity index (χ3v) is 2.88. The van der Waals surface area contributed by atoms with Gasteiger partial charge < -0.3 is 20.6 Å². The van der Waals surface area contributed by atoms with Crippen LogP contribution in [0.25, 0.3) is 0 Å². The lowest BCUT2D eigenvalue weighted by atomic mass is 10.2. The van der Waals surface area contributed by atoms with E-state index < -0.39 is 18.0 Å². The maximum atomic E-state index is 11.8. The van der Waals surface area contributed by atoms with Gasteiger partial charge in [-0.05, 0) is 26.7 Å². The second-order valence-electron chi connectivity index (χ2n) is 4.89. The first-order chi connectivity index (χ1) is 8.91. The van der Waals surface area contributed by atoms with Crippen LogP contribution in [-0.2, 0) is 9.59 Å². The lowest BCUT2D eigenvalue weighted by Gasteiger charge is -2.21. The zero-order valence-corrected chi connectivity index (χ0v) is 11.3. The number of hydrogen-bond acceptors (Lipinski definition) is 3. The fourth-order valence-electron chi connectivity index (χ4n) is 2.05. The van der Waals surface area contributed by atoms with Gasteiger partial charge >= 0.3 is 12.0 Å². The van der Waals surface area contributed by atoms with Gasteiger partial charge in [0.1, 0.15) is 6.04 Å². The fourth-order valence-corrected chi connectivity index (χ4v) is 2.05. The zero-order chi connectivity index (χ0) is 14.4. The lowest BCUT2D eigenvalue weighted by molar-refractivity contribution is -0.141. The van der Waals surface area contributed by atoms with Gasteiger partial charge in [-0.15, -0.1) is 0 Å². The Labute approximate surface area is 112 Å². The molecule has 0 aromatic carbocycles. The number of nitrogens with zero attached hydrogens (tertiary/aromatic N) is 1. The molecule has 1 saturated heterocycles. The molecule has 1 atom stereocenters. The molecule has 0 aromatic rings. The molecule has 0 aliphatic carbocycles. The van der Waals surface area contributed by atoms with Crippen molar-refractivity contribution in [3.63, 3.8) is 0 Å². The van der Waals surface area contributed by atoms with E-state index >= 15 is 0 Å². The summed E-state index contributed by atoms with van der Waals surface area (Å²) in [6.07, 6.45) is 1.37. The van der Waals surface area contributed by atoms with Crippen molar-refractivity contribution in [2.24, 2.45) is 0 Å². The van der Waals surface area contributed by atoms with Gasteiger partial charge in [-0.2, -0.15) is 0 Å². The van der Waals surface area contributed by atoms with Crippen LogP contribution in [0.3, 0.4) is 0 Å². The van der Waals surface area contributed by atoms with Gasteiger partial charge in [0, 0.05) is 25.6 Å². The highest BCUT2D eigenvalue weighted by Crippen LogP contribution is 2.17. The minimum Gasteiger partial charge on any atom is -0.480 e. The molecular weight excluding hydrogens is 250 g/mol. The minimum atomic E-state index is -0.981. The van der Waals surface area contributed by atoms with E-state index in [1.54, 1.807) is 0 Å². The molecular formula is C12H21N3O4. The first-order valence-electron chi connectivity index (χ1n) is 6.48. The topological polar surface area (TPSA) is 98.7 Å². The summed E-state index contributed by atoms with van der Waals surface area (Å²) in [5, 5.41) is 14.3. The monoisotopic (exact) mass is 271 g/mol. The van der Waals surface area contributed by atoms with Crippen molar-refractivity contribution >= 4 is 17.9 Å². The van der Waals surface area contributed by atoms with Crippen molar-refractivity contribution in [1.82, 2.24) is 15.5 Å². The van der Waals surface area contributed by atoms with E-state index in [0.717, 1.165) is 0 Å². The molecule has 7 nitrogen and oxygen atoms in total. The average molecular weight is 271 g/mol. The molecule has 7 heteroatoms. The van der Waals surface area contributed by atoms with E-state index in [1.165, 1.54) is 4.90 Å². The number of hydrogen-bond donors (Lipinski definition) is 3. The standard InChI is InChI=1S/C12H21N3O4/c1-8(2)14-10(16)5-6-13-12(19)15-7-3-4-9(15)11(17)18/h8-9H,3-7H2,1-2H3,(H,13,19)(H,14,16)(H,17,18)/t9-/m0/s1. The summed E-state index contributed by atoms with van der Waals surface area (Å²) < 4.78 is 0. The normalized spacial score (nSPS) is 18.5. The Morgan fingerprint density at radius 3 is 2.63 bits per heavy atom. The summed E-state index contributed by atoms with van der Waals surface area (Å²) in [6, 6.07) is -1.09. The Morgan fingerprint density at radius 1 is 1.37 bits per heavy atom. The Bertz CT molecular complexity index is 357. The quantitative estimate of drug-likeness (QED) is 0.663. The van der Waals surface area contributed by atoms with Gasteiger partial charge in [-0.25, -0.2) is 9.59 Å². The number of nitrogens with one attached hydrogen (secondary N) is 2. The van der Waals surface area contributed by atoms with E-state index in [9.17, 15) is 14.4 Å². The lowest BCUT2D eigenvalue weighted by Crippen LogP contribution is -2.46. The summed E-state index contributed by atoms with van der Waals surface area (Å²) in [6.45, 7) is 4.37. The SMILES string of the molecule is CC(C)NC(=O)CCNC(=O)N1CCC[C@H]1C(=O)O. The second-order valence-corrected chi connectivity index (χ2v) is 4.89. The number of urea groups is 1. The highest BCUT2D eigenvalue weighted by Gasteiger charge is 2.33. The van der Waals surface area contributed by atoms with Gasteiger partial charge in [0.25, 0.3) is 0 Å². The van der Waals surface area contributed by atoms with Crippen LogP contribution in [0.5, 0.6) is 0 Å². The Hall–Kier alpha value is -1.79. The predicted octanol–water partition coefficient (Wildman–Crippen LogP) is 0.160. The molecule has 1 heterocycles. The van der Waals surface area contributed by atoms with Crippen LogP contribution in [0.15, 0.2) is 0 Å². The molecule has 0 saturated carbocycles. The summed E-state index contributed by atoms with van der Waals surface area (Å²) in [5.41, 5.74) is 0. The molecule has 0 spiro atoms. The van der Waals surface area contributed by atoms with Crippen molar-refractivity contribution < 1.29 is 19.5 Å². The maximum absolute atomic E-state index is 11.8. The third-order valence-electron chi connectivity index (χ3n) is 2.88. The largest absolute Gasteiger partial charge is 0.480 e. The number of aliphatic carboxylic acids is 1. The molecule has 3 amide bonds. The minimum absolute atomic E-state index is 0.0678. The summed E-state index contributed by atoms with van der Waals surface area (Å²) in [7, 11) is 0. The Balaban J connectivity index is 2.31. The van der Waals surface area contributed by atoms with Gasteiger partial charge in [0.2, 0.25) is 5.91 Å². The van der Waals surface area contributed by atoms with Crippen molar-refractivity contribution in [2.45, 2.75) is 45.2 Å². The second kappa shape index (κ2) is 6.96. The number of carboxylic acid groups (broad SMARTS) is 1. The average Bonchev–Trinajstić information content (AvgIpc) is 2.76. The van der Waals surface area contributed by atoms with Crippen LogP contribution in [0, 0.1) is 0 Å². The zero-order valence-electron chi connectivity index (χ0n) is 11.3. The molecule has 0 unspecified atom stereocenters. The smallest absolute Gasteiger partial charge is 0.326 e. The van der Waals surface area contributed by atoms with Crippen LogP contribution in [0.1, 0.15) is 33.1 Å². The molecule has 3 N–H and O–H groups in total. The van der Waals surface area contributed by atoms with Crippen LogP contribution >= 0.6 is 0 Å². The van der Waals surface area contributed by atoms with Crippen LogP contribution in [-0.4, -0.2) is 53.1 Å². The molecule has 0 bridgehead atoms. The first kappa shape index (κ1) is 15.3. The van der Waals surface area contributed by atoms with Gasteiger partial charge in [0.05, 0.1) is 0 Å². The van der Waals surface area contributed by atoms with Crippen molar-refractivity contribution in [2.75, 3.05) is 13.1 Å². The number of likely N-dealkylation sites (tertiary alicyclic amines) is 1. The van der Waals surface area contributed by atoms with Gasteiger partial charge in [-0.1, -0.05) is 0 Å². The number of rotatable bonds is 5. The van der Waals surface area contributed by atoms with Crippen molar-refractivity contribution in [3.8, 4) is 0 Å². The number of carbonyl (C=O) groups excluding carboxylic acids is 2. The molecule has 1 fully saturated rings. The number of carbonyl (C=O) groups is 3. The molecule has 1 aliphatic rings. The Kier molecular flexibility index (Phi) is 5.59. The summed E-state index contributed by atoms with van der Waals surface area (Å²) in [4.78, 5) is 35.4. The van der Waals surface area contributed by atoms with Gasteiger partial charge in [-0.3, -0.25) is 4.79 Å². The van der Waals surface area contributed by atoms with Crippen LogP contribution in [0.2, 0.25) is 0 Å². The van der Waals surface area contributed by atoms with E-state index in [1.807, 2.05) is 13.8 Å². The van der Waals surface area contributed by atoms with Gasteiger partial charge in [0.15, 0.2) is 0 Å². The van der Waals surface area contributed by atoms with E-state index in [4.69, 9.17) is 5.11 Å². The van der Waals surface area contributed by atoms with E-state index in [2.05, 4.69) is 10.6 Å². The van der Waals surface area contributed by atoms with Crippen LogP contribution in [0.4, 0.5) is 4.79 Å². The summed E-state index contributed by atoms with van der Waals surface area (Å²) in [5.74, 6) is -1.11. The molecule has 19 heavy (non-hydrogen) atoms. The maximum Gasteiger partial charge on any atom is 0.326 e. The third kappa shape index (κ3) is 4.76. The molecule has 1 aliphatic heterocycles. The predicted molar refractivity (Wildman–Crippen MR) is 68.7 cm³/mol.